The molecule has 1 aromatic carbocycles. The van der Waals surface area contributed by atoms with Gasteiger partial charge in [-0.3, -0.25) is 9.59 Å². The van der Waals surface area contributed by atoms with Gasteiger partial charge in [0.2, 0.25) is 11.8 Å². The largest absolute Gasteiger partial charge is 0.381 e. The van der Waals surface area contributed by atoms with E-state index in [-0.39, 0.29) is 43.2 Å². The molecule has 0 unspecified atom stereocenters. The zero-order valence-electron chi connectivity index (χ0n) is 15.6. The second-order valence-electron chi connectivity index (χ2n) is 6.80. The molecule has 0 aromatic heterocycles. The summed E-state index contributed by atoms with van der Waals surface area (Å²) in [5, 5.41) is 3.40. The third kappa shape index (κ3) is 6.12. The highest BCUT2D eigenvalue weighted by Gasteiger charge is 2.36. The lowest BCUT2D eigenvalue weighted by molar-refractivity contribution is -0.135. The second kappa shape index (κ2) is 11.1. The number of anilines is 1. The van der Waals surface area contributed by atoms with Crippen molar-refractivity contribution in [3.8, 4) is 0 Å². The molecule has 0 spiro atoms. The van der Waals surface area contributed by atoms with Gasteiger partial charge in [-0.1, -0.05) is 17.7 Å². The highest BCUT2D eigenvalue weighted by Crippen LogP contribution is 2.21. The molecule has 0 aliphatic carbocycles. The predicted molar refractivity (Wildman–Crippen MR) is 115 cm³/mol. The monoisotopic (exact) mass is 452 g/mol. The number of amides is 2. The molecule has 2 amide bonds. The molecule has 0 bridgehead atoms. The summed E-state index contributed by atoms with van der Waals surface area (Å²) in [6.45, 7) is 3.63. The van der Waals surface area contributed by atoms with Gasteiger partial charge < -0.3 is 25.6 Å². The molecule has 28 heavy (non-hydrogen) atoms. The fourth-order valence-corrected chi connectivity index (χ4v) is 3.48. The molecule has 2 saturated heterocycles. The predicted octanol–water partition coefficient (Wildman–Crippen LogP) is 1.46. The molecule has 3 rings (SSSR count). The highest BCUT2D eigenvalue weighted by atomic mass is 35.5. The molecular weight excluding hydrogens is 427 g/mol. The summed E-state index contributed by atoms with van der Waals surface area (Å²) in [5.41, 5.74) is 6.26. The standard InChI is InChI=1S/C18H25ClN4O3.2ClH/c19-14-2-1-3-15(12-14)22-6-8-23(9-7-22)16(24)13-21-17(25)18(20)4-10-26-11-5-18;;/h1-3,12H,4-11,13,20H2,(H,21,25);2*1H. The van der Waals surface area contributed by atoms with Gasteiger partial charge in [0.15, 0.2) is 0 Å². The Morgan fingerprint density at radius 2 is 1.79 bits per heavy atom. The lowest BCUT2D eigenvalue weighted by Crippen LogP contribution is -2.58. The van der Waals surface area contributed by atoms with E-state index in [0.717, 1.165) is 18.8 Å². The van der Waals surface area contributed by atoms with Crippen molar-refractivity contribution in [1.82, 2.24) is 10.2 Å². The summed E-state index contributed by atoms with van der Waals surface area (Å²) in [5.74, 6) is -0.355. The fraction of sp³-hybridized carbons (Fsp3) is 0.556. The maximum atomic E-state index is 12.4. The topological polar surface area (TPSA) is 87.9 Å². The Morgan fingerprint density at radius 1 is 1.14 bits per heavy atom. The summed E-state index contributed by atoms with van der Waals surface area (Å²) in [4.78, 5) is 28.7. The number of nitrogens with one attached hydrogen (secondary N) is 1. The van der Waals surface area contributed by atoms with E-state index < -0.39 is 5.54 Å². The number of piperazine rings is 1. The van der Waals surface area contributed by atoms with E-state index >= 15 is 0 Å². The van der Waals surface area contributed by atoms with Gasteiger partial charge in [-0.05, 0) is 31.0 Å². The van der Waals surface area contributed by atoms with E-state index in [9.17, 15) is 9.59 Å². The summed E-state index contributed by atoms with van der Waals surface area (Å²) < 4.78 is 5.24. The Kier molecular flexibility index (Phi) is 9.80. The van der Waals surface area contributed by atoms with Gasteiger partial charge in [0, 0.05) is 50.1 Å². The average molecular weight is 454 g/mol. The molecule has 2 heterocycles. The maximum Gasteiger partial charge on any atom is 0.242 e. The lowest BCUT2D eigenvalue weighted by atomic mass is 9.90. The smallest absolute Gasteiger partial charge is 0.242 e. The van der Waals surface area contributed by atoms with Crippen LogP contribution in [0.3, 0.4) is 0 Å². The van der Waals surface area contributed by atoms with Crippen molar-refractivity contribution in [3.63, 3.8) is 0 Å². The van der Waals surface area contributed by atoms with Crippen LogP contribution < -0.4 is 16.0 Å². The van der Waals surface area contributed by atoms with Gasteiger partial charge in [0.1, 0.15) is 0 Å². The van der Waals surface area contributed by atoms with Gasteiger partial charge in [0.05, 0.1) is 12.1 Å². The second-order valence-corrected chi connectivity index (χ2v) is 7.24. The number of benzene rings is 1. The number of ether oxygens (including phenoxy) is 1. The summed E-state index contributed by atoms with van der Waals surface area (Å²) >= 11 is 6.04. The van der Waals surface area contributed by atoms with E-state index in [1.54, 1.807) is 4.90 Å². The summed E-state index contributed by atoms with van der Waals surface area (Å²) in [6.07, 6.45) is 0.955. The Balaban J connectivity index is 0.00000196. The van der Waals surface area contributed by atoms with Crippen LogP contribution in [0.25, 0.3) is 0 Å². The van der Waals surface area contributed by atoms with Crippen molar-refractivity contribution in [2.45, 2.75) is 18.4 Å². The number of carbonyl (C=O) groups is 2. The minimum atomic E-state index is -0.927. The van der Waals surface area contributed by atoms with Gasteiger partial charge in [0.25, 0.3) is 0 Å². The van der Waals surface area contributed by atoms with Crippen molar-refractivity contribution in [3.05, 3.63) is 29.3 Å². The molecule has 1 aromatic rings. The van der Waals surface area contributed by atoms with E-state index in [1.807, 2.05) is 24.3 Å². The number of nitrogens with two attached hydrogens (primary N) is 1. The Labute approximate surface area is 182 Å². The number of carbonyl (C=O) groups excluding carboxylic acids is 2. The first-order valence-electron chi connectivity index (χ1n) is 8.91. The molecule has 2 aliphatic rings. The molecule has 0 atom stereocenters. The molecule has 0 radical (unpaired) electrons. The Bertz CT molecular complexity index is 663. The lowest BCUT2D eigenvalue weighted by Gasteiger charge is -2.36. The van der Waals surface area contributed by atoms with Gasteiger partial charge >= 0.3 is 0 Å². The number of hydrogen-bond donors (Lipinski definition) is 2. The van der Waals surface area contributed by atoms with Crippen LogP contribution in [0.15, 0.2) is 24.3 Å². The first-order chi connectivity index (χ1) is 12.5. The quantitative estimate of drug-likeness (QED) is 0.720. The van der Waals surface area contributed by atoms with Gasteiger partial charge in [-0.25, -0.2) is 0 Å². The van der Waals surface area contributed by atoms with E-state index in [0.29, 0.717) is 44.2 Å². The van der Waals surface area contributed by atoms with E-state index in [1.165, 1.54) is 0 Å². The van der Waals surface area contributed by atoms with Crippen LogP contribution >= 0.6 is 36.4 Å². The molecular formula is C18H27Cl3N4O3. The zero-order chi connectivity index (χ0) is 18.6. The molecule has 3 N–H and O–H groups in total. The van der Waals surface area contributed by atoms with Crippen LogP contribution in [-0.4, -0.2) is 68.2 Å². The van der Waals surface area contributed by atoms with Crippen molar-refractivity contribution in [2.24, 2.45) is 5.73 Å². The summed E-state index contributed by atoms with van der Waals surface area (Å²) in [6, 6.07) is 7.70. The Hall–Kier alpha value is -1.25. The third-order valence-corrected chi connectivity index (χ3v) is 5.28. The highest BCUT2D eigenvalue weighted by molar-refractivity contribution is 6.30. The van der Waals surface area contributed by atoms with Crippen molar-refractivity contribution in [2.75, 3.05) is 50.8 Å². The molecule has 7 nitrogen and oxygen atoms in total. The van der Waals surface area contributed by atoms with Crippen molar-refractivity contribution < 1.29 is 14.3 Å². The van der Waals surface area contributed by atoms with Gasteiger partial charge in [-0.15, -0.1) is 24.8 Å². The van der Waals surface area contributed by atoms with Crippen LogP contribution in [0.4, 0.5) is 5.69 Å². The molecule has 2 aliphatic heterocycles. The zero-order valence-corrected chi connectivity index (χ0v) is 18.0. The minimum Gasteiger partial charge on any atom is -0.381 e. The molecule has 0 saturated carbocycles. The van der Waals surface area contributed by atoms with Crippen molar-refractivity contribution in [1.29, 1.82) is 0 Å². The number of hydrogen-bond acceptors (Lipinski definition) is 5. The minimum absolute atomic E-state index is 0. The Morgan fingerprint density at radius 3 is 2.39 bits per heavy atom. The molecule has 2 fully saturated rings. The first-order valence-corrected chi connectivity index (χ1v) is 9.29. The molecule has 158 valence electrons. The van der Waals surface area contributed by atoms with E-state index in [2.05, 4.69) is 10.2 Å². The first kappa shape index (κ1) is 24.8. The van der Waals surface area contributed by atoms with Crippen LogP contribution in [-0.2, 0) is 14.3 Å². The van der Waals surface area contributed by atoms with Crippen LogP contribution in [0.1, 0.15) is 12.8 Å². The van der Waals surface area contributed by atoms with Crippen LogP contribution in [0.2, 0.25) is 5.02 Å². The number of halogens is 3. The number of nitrogens with zero attached hydrogens (tertiary/aromatic N) is 2. The van der Waals surface area contributed by atoms with Gasteiger partial charge in [-0.2, -0.15) is 0 Å². The summed E-state index contributed by atoms with van der Waals surface area (Å²) in [7, 11) is 0. The van der Waals surface area contributed by atoms with Crippen LogP contribution in [0.5, 0.6) is 0 Å². The molecule has 10 heteroatoms. The van der Waals surface area contributed by atoms with Crippen LogP contribution in [0, 0.1) is 0 Å². The maximum absolute atomic E-state index is 12.4. The fourth-order valence-electron chi connectivity index (χ4n) is 3.29. The average Bonchev–Trinajstić information content (AvgIpc) is 2.66. The van der Waals surface area contributed by atoms with E-state index in [4.69, 9.17) is 22.1 Å². The third-order valence-electron chi connectivity index (χ3n) is 5.04. The number of rotatable bonds is 4. The normalized spacial score (nSPS) is 18.5. The SMILES string of the molecule is Cl.Cl.NC1(C(=O)NCC(=O)N2CCN(c3cccc(Cl)c3)CC2)CCOCC1. The van der Waals surface area contributed by atoms with Crippen molar-refractivity contribution >= 4 is 53.9 Å².